The molecule has 0 unspecified atom stereocenters. The molecule has 0 fully saturated rings. The minimum atomic E-state index is -0.529. The van der Waals surface area contributed by atoms with E-state index in [0.29, 0.717) is 16.9 Å². The number of ether oxygens (including phenoxy) is 2. The molecule has 2 rings (SSSR count). The van der Waals surface area contributed by atoms with Gasteiger partial charge in [0.05, 0.1) is 12.7 Å². The lowest BCUT2D eigenvalue weighted by molar-refractivity contribution is 0.0474. The molecule has 0 saturated heterocycles. The minimum Gasteiger partial charge on any atom is -0.497 e. The Morgan fingerprint density at radius 2 is 1.76 bits per heavy atom. The van der Waals surface area contributed by atoms with Gasteiger partial charge in [0.25, 0.3) is 0 Å². The van der Waals surface area contributed by atoms with Crippen molar-refractivity contribution in [1.29, 1.82) is 0 Å². The summed E-state index contributed by atoms with van der Waals surface area (Å²) in [5.41, 5.74) is 0.866. The summed E-state index contributed by atoms with van der Waals surface area (Å²) in [5, 5.41) is 0. The predicted octanol–water partition coefficient (Wildman–Crippen LogP) is 3.50. The van der Waals surface area contributed by atoms with Crippen LogP contribution in [0.25, 0.3) is 0 Å². The molecule has 0 heterocycles. The van der Waals surface area contributed by atoms with Crippen LogP contribution in [-0.2, 0) is 4.74 Å². The van der Waals surface area contributed by atoms with Gasteiger partial charge in [-0.3, -0.25) is 4.79 Å². The molecule has 4 nitrogen and oxygen atoms in total. The molecule has 0 atom stereocenters. The maximum absolute atomic E-state index is 11.9. The third kappa shape index (κ3) is 4.16. The second kappa shape index (κ2) is 7.04. The van der Waals surface area contributed by atoms with Crippen LogP contribution in [0.4, 0.5) is 0 Å². The molecule has 2 aromatic carbocycles. The number of esters is 1. The summed E-state index contributed by atoms with van der Waals surface area (Å²) < 4.78 is 10.8. The van der Waals surface area contributed by atoms with E-state index in [1.54, 1.807) is 55.6 Å². The lowest BCUT2D eigenvalue weighted by Crippen LogP contribution is -2.14. The fourth-order valence-electron chi connectivity index (χ4n) is 1.69. The van der Waals surface area contributed by atoms with Crippen LogP contribution >= 0.6 is 15.9 Å². The highest BCUT2D eigenvalue weighted by atomic mass is 79.9. The summed E-state index contributed by atoms with van der Waals surface area (Å²) in [4.78, 5) is 23.7. The topological polar surface area (TPSA) is 52.6 Å². The van der Waals surface area contributed by atoms with Crippen molar-refractivity contribution in [3.8, 4) is 5.75 Å². The van der Waals surface area contributed by atoms with E-state index in [9.17, 15) is 9.59 Å². The van der Waals surface area contributed by atoms with Gasteiger partial charge in [-0.2, -0.15) is 0 Å². The maximum atomic E-state index is 11.9. The predicted molar refractivity (Wildman–Crippen MR) is 81.7 cm³/mol. The van der Waals surface area contributed by atoms with Crippen LogP contribution in [0.15, 0.2) is 53.0 Å². The van der Waals surface area contributed by atoms with Gasteiger partial charge in [0.15, 0.2) is 12.4 Å². The number of methoxy groups -OCH3 is 1. The van der Waals surface area contributed by atoms with Crippen LogP contribution in [0.5, 0.6) is 5.75 Å². The largest absolute Gasteiger partial charge is 0.497 e. The van der Waals surface area contributed by atoms with Crippen molar-refractivity contribution in [1.82, 2.24) is 0 Å². The van der Waals surface area contributed by atoms with Crippen molar-refractivity contribution < 1.29 is 19.1 Å². The fraction of sp³-hybridized carbons (Fsp3) is 0.125. The van der Waals surface area contributed by atoms with Crippen LogP contribution in [0.3, 0.4) is 0 Å². The Labute approximate surface area is 130 Å². The lowest BCUT2D eigenvalue weighted by Gasteiger charge is -2.05. The molecule has 2 aromatic rings. The number of Topliss-reactive ketones (excluding diaryl/α,β-unsaturated/α-hetero) is 1. The molecule has 0 aromatic heterocycles. The van der Waals surface area contributed by atoms with E-state index in [2.05, 4.69) is 15.9 Å². The van der Waals surface area contributed by atoms with E-state index in [-0.39, 0.29) is 12.4 Å². The summed E-state index contributed by atoms with van der Waals surface area (Å²) in [5.74, 6) is -0.128. The Balaban J connectivity index is 1.95. The van der Waals surface area contributed by atoms with E-state index >= 15 is 0 Å². The summed E-state index contributed by atoms with van der Waals surface area (Å²) >= 11 is 3.27. The number of rotatable bonds is 5. The molecule has 0 bridgehead atoms. The summed E-state index contributed by atoms with van der Waals surface area (Å²) in [6.45, 7) is -0.294. The van der Waals surface area contributed by atoms with Gasteiger partial charge in [0.1, 0.15) is 5.75 Å². The molecular weight excluding hydrogens is 336 g/mol. The molecule has 0 saturated carbocycles. The quantitative estimate of drug-likeness (QED) is 0.613. The zero-order chi connectivity index (χ0) is 15.2. The standard InChI is InChI=1S/C16H13BrO4/c1-20-14-7-5-11(6-8-14)15(18)10-21-16(19)12-3-2-4-13(17)9-12/h2-9H,10H2,1H3. The number of halogens is 1. The molecule has 0 radical (unpaired) electrons. The van der Waals surface area contributed by atoms with Crippen molar-refractivity contribution in [2.24, 2.45) is 0 Å². The van der Waals surface area contributed by atoms with Gasteiger partial charge in [-0.1, -0.05) is 22.0 Å². The summed E-state index contributed by atoms with van der Waals surface area (Å²) in [6.07, 6.45) is 0. The second-order valence-electron chi connectivity index (χ2n) is 4.24. The van der Waals surface area contributed by atoms with Gasteiger partial charge in [-0.15, -0.1) is 0 Å². The zero-order valence-corrected chi connectivity index (χ0v) is 12.9. The summed E-state index contributed by atoms with van der Waals surface area (Å²) in [6, 6.07) is 13.4. The highest BCUT2D eigenvalue weighted by molar-refractivity contribution is 9.10. The van der Waals surface area contributed by atoms with E-state index in [1.807, 2.05) is 0 Å². The van der Waals surface area contributed by atoms with Crippen molar-refractivity contribution in [3.05, 3.63) is 64.1 Å². The van der Waals surface area contributed by atoms with Crippen molar-refractivity contribution >= 4 is 27.7 Å². The van der Waals surface area contributed by atoms with E-state index in [1.165, 1.54) is 0 Å². The molecule has 0 amide bonds. The Bertz CT molecular complexity index is 650. The zero-order valence-electron chi connectivity index (χ0n) is 11.3. The number of carbonyl (C=O) groups is 2. The number of ketones is 1. The first-order valence-corrected chi connectivity index (χ1v) is 6.99. The normalized spacial score (nSPS) is 10.0. The van der Waals surface area contributed by atoms with Crippen molar-refractivity contribution in [3.63, 3.8) is 0 Å². The molecular formula is C16H13BrO4. The third-order valence-corrected chi connectivity index (χ3v) is 3.30. The number of benzene rings is 2. The van der Waals surface area contributed by atoms with E-state index < -0.39 is 5.97 Å². The molecule has 108 valence electrons. The highest BCUT2D eigenvalue weighted by Gasteiger charge is 2.12. The first-order valence-electron chi connectivity index (χ1n) is 6.20. The third-order valence-electron chi connectivity index (χ3n) is 2.81. The van der Waals surface area contributed by atoms with Crippen molar-refractivity contribution in [2.45, 2.75) is 0 Å². The van der Waals surface area contributed by atoms with Gasteiger partial charge in [-0.25, -0.2) is 4.79 Å². The number of hydrogen-bond donors (Lipinski definition) is 0. The Morgan fingerprint density at radius 1 is 1.05 bits per heavy atom. The van der Waals surface area contributed by atoms with Crippen LogP contribution in [0, 0.1) is 0 Å². The Morgan fingerprint density at radius 3 is 2.38 bits per heavy atom. The van der Waals surface area contributed by atoms with Crippen LogP contribution in [0.2, 0.25) is 0 Å². The first kappa shape index (κ1) is 15.3. The molecule has 5 heteroatoms. The maximum Gasteiger partial charge on any atom is 0.338 e. The van der Waals surface area contributed by atoms with Crippen LogP contribution < -0.4 is 4.74 Å². The molecule has 0 N–H and O–H groups in total. The average Bonchev–Trinajstić information content (AvgIpc) is 2.52. The van der Waals surface area contributed by atoms with Gasteiger partial charge in [0, 0.05) is 10.0 Å². The van der Waals surface area contributed by atoms with Crippen LogP contribution in [-0.4, -0.2) is 25.5 Å². The minimum absolute atomic E-state index is 0.263. The van der Waals surface area contributed by atoms with Gasteiger partial charge in [-0.05, 0) is 42.5 Å². The molecule has 0 aliphatic carbocycles. The van der Waals surface area contributed by atoms with Crippen LogP contribution in [0.1, 0.15) is 20.7 Å². The molecule has 0 aliphatic heterocycles. The average molecular weight is 349 g/mol. The first-order chi connectivity index (χ1) is 10.1. The van der Waals surface area contributed by atoms with E-state index in [0.717, 1.165) is 4.47 Å². The summed E-state index contributed by atoms with van der Waals surface area (Å²) in [7, 11) is 1.55. The van der Waals surface area contributed by atoms with Gasteiger partial charge >= 0.3 is 5.97 Å². The number of hydrogen-bond acceptors (Lipinski definition) is 4. The van der Waals surface area contributed by atoms with Gasteiger partial charge in [0.2, 0.25) is 0 Å². The van der Waals surface area contributed by atoms with Crippen molar-refractivity contribution in [2.75, 3.05) is 13.7 Å². The second-order valence-corrected chi connectivity index (χ2v) is 5.15. The molecule has 21 heavy (non-hydrogen) atoms. The Hall–Kier alpha value is -2.14. The molecule has 0 spiro atoms. The fourth-order valence-corrected chi connectivity index (χ4v) is 2.09. The van der Waals surface area contributed by atoms with E-state index in [4.69, 9.17) is 9.47 Å². The monoisotopic (exact) mass is 348 g/mol. The highest BCUT2D eigenvalue weighted by Crippen LogP contribution is 2.14. The smallest absolute Gasteiger partial charge is 0.338 e. The number of carbonyl (C=O) groups excluding carboxylic acids is 2. The Kier molecular flexibility index (Phi) is 5.11. The lowest BCUT2D eigenvalue weighted by atomic mass is 10.1. The SMILES string of the molecule is COc1ccc(C(=O)COC(=O)c2cccc(Br)c2)cc1. The molecule has 0 aliphatic rings. The van der Waals surface area contributed by atoms with Gasteiger partial charge < -0.3 is 9.47 Å².